The van der Waals surface area contributed by atoms with Gasteiger partial charge in [0.2, 0.25) is 0 Å². The summed E-state index contributed by atoms with van der Waals surface area (Å²) < 4.78 is 6.97. The SMILES string of the molecule is C=CC(CCCCC)OC(c1ccccc1)(c1ccccc1)c1ccccc1.O=C1C=CCC1. The number of rotatable bonds is 10. The van der Waals surface area contributed by atoms with Crippen LogP contribution in [0, 0.1) is 0 Å². The number of allylic oxidation sites excluding steroid dienone is 2. The third kappa shape index (κ3) is 6.65. The van der Waals surface area contributed by atoms with Gasteiger partial charge in [0.05, 0.1) is 6.10 Å². The van der Waals surface area contributed by atoms with Crippen molar-refractivity contribution in [3.05, 3.63) is 132 Å². The molecule has 0 fully saturated rings. The second kappa shape index (κ2) is 13.5. The van der Waals surface area contributed by atoms with Crippen LogP contribution in [-0.4, -0.2) is 11.9 Å². The molecule has 0 aromatic heterocycles. The second-order valence-corrected chi connectivity index (χ2v) is 8.57. The van der Waals surface area contributed by atoms with Crippen LogP contribution in [0.5, 0.6) is 0 Å². The summed E-state index contributed by atoms with van der Waals surface area (Å²) in [5.74, 6) is 0.273. The molecule has 0 radical (unpaired) electrons. The van der Waals surface area contributed by atoms with E-state index < -0.39 is 5.60 Å². The van der Waals surface area contributed by atoms with E-state index in [9.17, 15) is 4.79 Å². The van der Waals surface area contributed by atoms with Crippen molar-refractivity contribution < 1.29 is 9.53 Å². The molecule has 3 aromatic carbocycles. The lowest BCUT2D eigenvalue weighted by molar-refractivity contribution is -0.114. The van der Waals surface area contributed by atoms with Gasteiger partial charge in [-0.25, -0.2) is 0 Å². The van der Waals surface area contributed by atoms with Crippen LogP contribution >= 0.6 is 0 Å². The average molecular weight is 453 g/mol. The van der Waals surface area contributed by atoms with E-state index in [4.69, 9.17) is 4.74 Å². The van der Waals surface area contributed by atoms with E-state index in [1.165, 1.54) is 12.8 Å². The Morgan fingerprint density at radius 2 is 1.35 bits per heavy atom. The first-order chi connectivity index (χ1) is 16.7. The number of carbonyl (C=O) groups is 1. The number of benzene rings is 3. The Morgan fingerprint density at radius 1 is 0.853 bits per heavy atom. The molecule has 34 heavy (non-hydrogen) atoms. The van der Waals surface area contributed by atoms with Crippen LogP contribution in [0.4, 0.5) is 0 Å². The fourth-order valence-corrected chi connectivity index (χ4v) is 4.29. The predicted molar refractivity (Wildman–Crippen MR) is 142 cm³/mol. The smallest absolute Gasteiger partial charge is 0.155 e. The minimum Gasteiger partial charge on any atom is -0.354 e. The number of hydrogen-bond acceptors (Lipinski definition) is 2. The number of carbonyl (C=O) groups excluding carboxylic acids is 1. The van der Waals surface area contributed by atoms with Crippen LogP contribution in [0.3, 0.4) is 0 Å². The zero-order valence-electron chi connectivity index (χ0n) is 20.2. The molecule has 2 nitrogen and oxygen atoms in total. The van der Waals surface area contributed by atoms with Crippen molar-refractivity contribution in [2.75, 3.05) is 0 Å². The van der Waals surface area contributed by atoms with Crippen LogP contribution in [0.1, 0.15) is 62.1 Å². The highest BCUT2D eigenvalue weighted by atomic mass is 16.5. The van der Waals surface area contributed by atoms with Crippen molar-refractivity contribution in [3.63, 3.8) is 0 Å². The zero-order chi connectivity index (χ0) is 24.1. The van der Waals surface area contributed by atoms with Gasteiger partial charge in [0.1, 0.15) is 5.60 Å². The molecule has 1 atom stereocenters. The maximum atomic E-state index is 10.2. The summed E-state index contributed by atoms with van der Waals surface area (Å²) in [5, 5.41) is 0. The van der Waals surface area contributed by atoms with Crippen LogP contribution in [0.15, 0.2) is 116 Å². The van der Waals surface area contributed by atoms with Crippen molar-refractivity contribution in [2.45, 2.75) is 57.2 Å². The number of ether oxygens (including phenoxy) is 1. The van der Waals surface area contributed by atoms with Crippen LogP contribution in [-0.2, 0) is 15.1 Å². The molecule has 4 rings (SSSR count). The maximum Gasteiger partial charge on any atom is 0.155 e. The van der Waals surface area contributed by atoms with Crippen LogP contribution < -0.4 is 0 Å². The van der Waals surface area contributed by atoms with Crippen molar-refractivity contribution >= 4 is 5.78 Å². The fourth-order valence-electron chi connectivity index (χ4n) is 4.29. The van der Waals surface area contributed by atoms with Crippen molar-refractivity contribution in [1.29, 1.82) is 0 Å². The van der Waals surface area contributed by atoms with Gasteiger partial charge in [-0.15, -0.1) is 6.58 Å². The van der Waals surface area contributed by atoms with Gasteiger partial charge >= 0.3 is 0 Å². The van der Waals surface area contributed by atoms with Gasteiger partial charge in [0, 0.05) is 6.42 Å². The first-order valence-electron chi connectivity index (χ1n) is 12.4. The summed E-state index contributed by atoms with van der Waals surface area (Å²) in [4.78, 5) is 10.2. The fraction of sp³-hybridized carbons (Fsp3) is 0.281. The molecule has 0 amide bonds. The molecule has 3 aromatic rings. The van der Waals surface area contributed by atoms with Crippen molar-refractivity contribution in [1.82, 2.24) is 0 Å². The molecule has 176 valence electrons. The molecule has 1 aliphatic rings. The lowest BCUT2D eigenvalue weighted by atomic mass is 9.79. The molecule has 0 spiro atoms. The monoisotopic (exact) mass is 452 g/mol. The summed E-state index contributed by atoms with van der Waals surface area (Å²) >= 11 is 0. The first kappa shape index (κ1) is 25.4. The van der Waals surface area contributed by atoms with Crippen molar-refractivity contribution in [2.24, 2.45) is 0 Å². The molecule has 0 aliphatic heterocycles. The molecule has 0 saturated heterocycles. The lowest BCUT2D eigenvalue weighted by Gasteiger charge is -2.38. The van der Waals surface area contributed by atoms with Gasteiger partial charge in [-0.3, -0.25) is 4.79 Å². The largest absolute Gasteiger partial charge is 0.354 e. The summed E-state index contributed by atoms with van der Waals surface area (Å²) in [7, 11) is 0. The maximum absolute atomic E-state index is 10.2. The van der Waals surface area contributed by atoms with Gasteiger partial charge in [-0.2, -0.15) is 0 Å². The van der Waals surface area contributed by atoms with E-state index in [1.54, 1.807) is 6.08 Å². The van der Waals surface area contributed by atoms with Gasteiger partial charge in [-0.05, 0) is 35.6 Å². The molecule has 2 heteroatoms. The molecular weight excluding hydrogens is 416 g/mol. The molecule has 1 unspecified atom stereocenters. The van der Waals surface area contributed by atoms with Gasteiger partial charge < -0.3 is 4.74 Å². The Balaban J connectivity index is 0.000000469. The van der Waals surface area contributed by atoms with E-state index in [1.807, 2.05) is 12.2 Å². The summed E-state index contributed by atoms with van der Waals surface area (Å²) in [6.45, 7) is 6.31. The summed E-state index contributed by atoms with van der Waals surface area (Å²) in [5.41, 5.74) is 2.73. The summed E-state index contributed by atoms with van der Waals surface area (Å²) in [6, 6.07) is 31.6. The normalized spacial score (nSPS) is 13.7. The second-order valence-electron chi connectivity index (χ2n) is 8.57. The zero-order valence-corrected chi connectivity index (χ0v) is 20.2. The Hall–Kier alpha value is -3.23. The molecular formula is C32H36O2. The van der Waals surface area contributed by atoms with E-state index in [-0.39, 0.29) is 11.9 Å². The Morgan fingerprint density at radius 3 is 1.68 bits per heavy atom. The summed E-state index contributed by atoms with van der Waals surface area (Å²) in [6.07, 6.45) is 11.7. The van der Waals surface area contributed by atoms with Crippen LogP contribution in [0.25, 0.3) is 0 Å². The van der Waals surface area contributed by atoms with Gasteiger partial charge in [0.25, 0.3) is 0 Å². The average Bonchev–Trinajstić information content (AvgIpc) is 3.39. The third-order valence-electron chi connectivity index (χ3n) is 6.09. The minimum absolute atomic E-state index is 0.0211. The molecule has 0 N–H and O–H groups in total. The molecule has 0 bridgehead atoms. The Labute approximate surface area is 205 Å². The number of hydrogen-bond donors (Lipinski definition) is 0. The molecule has 0 saturated carbocycles. The van der Waals surface area contributed by atoms with Crippen molar-refractivity contribution in [3.8, 4) is 0 Å². The number of unbranched alkanes of at least 4 members (excludes halogenated alkanes) is 2. The van der Waals surface area contributed by atoms with Gasteiger partial charge in [0.15, 0.2) is 5.78 Å². The first-order valence-corrected chi connectivity index (χ1v) is 12.4. The Kier molecular flexibility index (Phi) is 10.1. The highest BCUT2D eigenvalue weighted by Gasteiger charge is 2.39. The van der Waals surface area contributed by atoms with E-state index in [2.05, 4.69) is 104 Å². The highest BCUT2D eigenvalue weighted by Crippen LogP contribution is 2.42. The quantitative estimate of drug-likeness (QED) is 0.177. The van der Waals surface area contributed by atoms with Gasteiger partial charge in [-0.1, -0.05) is 129 Å². The van der Waals surface area contributed by atoms with E-state index in [0.29, 0.717) is 0 Å². The molecule has 0 heterocycles. The lowest BCUT2D eigenvalue weighted by Crippen LogP contribution is -2.36. The van der Waals surface area contributed by atoms with E-state index in [0.717, 1.165) is 42.4 Å². The third-order valence-corrected chi connectivity index (χ3v) is 6.09. The molecule has 1 aliphatic carbocycles. The standard InChI is InChI=1S/C27H30O.C5H6O/c1-3-5-9-22-26(4-2)28-27(23-16-10-6-11-17-23,24-18-12-7-13-19-24)25-20-14-8-15-21-25;6-5-3-1-2-4-5/h4,6-8,10-21,26H,2-3,5,9,22H2,1H3;1,3H,2,4H2. The van der Waals surface area contributed by atoms with Crippen LogP contribution in [0.2, 0.25) is 0 Å². The van der Waals surface area contributed by atoms with E-state index >= 15 is 0 Å². The Bertz CT molecular complexity index is 926. The predicted octanol–water partition coefficient (Wildman–Crippen LogP) is 8.04. The minimum atomic E-state index is -0.672. The number of ketones is 1. The highest BCUT2D eigenvalue weighted by molar-refractivity contribution is 5.91. The topological polar surface area (TPSA) is 26.3 Å².